The van der Waals surface area contributed by atoms with Crippen LogP contribution >= 0.6 is 0 Å². The van der Waals surface area contributed by atoms with Crippen LogP contribution in [0.5, 0.6) is 0 Å². The molecule has 0 aromatic rings. The van der Waals surface area contributed by atoms with Gasteiger partial charge >= 0.3 is 0 Å². The molecule has 0 aliphatic carbocycles. The largest absolute Gasteiger partial charge is 0.313 e. The lowest BCUT2D eigenvalue weighted by molar-refractivity contribution is 0.276. The average molecular weight is 228 g/mol. The predicted octanol–water partition coefficient (Wildman–Crippen LogP) is 3.28. The first kappa shape index (κ1) is 15.9. The topological polar surface area (TPSA) is 15.3 Å². The number of hydrogen-bond donors (Lipinski definition) is 1. The highest BCUT2D eigenvalue weighted by atomic mass is 15.1. The van der Waals surface area contributed by atoms with Crippen molar-refractivity contribution in [3.05, 3.63) is 0 Å². The summed E-state index contributed by atoms with van der Waals surface area (Å²) in [6.45, 7) is 13.9. The highest BCUT2D eigenvalue weighted by Crippen LogP contribution is 1.98. The second-order valence-electron chi connectivity index (χ2n) is 4.79. The van der Waals surface area contributed by atoms with Gasteiger partial charge in [-0.15, -0.1) is 0 Å². The highest BCUT2D eigenvalue weighted by molar-refractivity contribution is 4.63. The Kier molecular flexibility index (Phi) is 11.3. The molecule has 1 N–H and O–H groups in total. The summed E-state index contributed by atoms with van der Waals surface area (Å²) in [5.74, 6) is 0. The van der Waals surface area contributed by atoms with Gasteiger partial charge in [-0.1, -0.05) is 40.0 Å². The monoisotopic (exact) mass is 228 g/mol. The van der Waals surface area contributed by atoms with Gasteiger partial charge in [0.1, 0.15) is 0 Å². The van der Waals surface area contributed by atoms with Crippen LogP contribution in [0.3, 0.4) is 0 Å². The smallest absolute Gasteiger partial charge is 0.0107 e. The van der Waals surface area contributed by atoms with Crippen molar-refractivity contribution >= 4 is 0 Å². The minimum absolute atomic E-state index is 0.680. The zero-order valence-electron chi connectivity index (χ0n) is 11.9. The molecular weight excluding hydrogens is 196 g/mol. The first-order valence-corrected chi connectivity index (χ1v) is 7.20. The van der Waals surface area contributed by atoms with Crippen LogP contribution in [0.25, 0.3) is 0 Å². The molecule has 0 aromatic carbocycles. The molecule has 16 heavy (non-hydrogen) atoms. The van der Waals surface area contributed by atoms with E-state index < -0.39 is 0 Å². The fraction of sp³-hybridized carbons (Fsp3) is 1.00. The van der Waals surface area contributed by atoms with E-state index in [-0.39, 0.29) is 0 Å². The lowest BCUT2D eigenvalue weighted by Gasteiger charge is -2.22. The van der Waals surface area contributed by atoms with E-state index in [0.29, 0.717) is 6.04 Å². The molecule has 0 rings (SSSR count). The van der Waals surface area contributed by atoms with Gasteiger partial charge in [-0.2, -0.15) is 0 Å². The van der Waals surface area contributed by atoms with Gasteiger partial charge in [0.2, 0.25) is 0 Å². The third-order valence-corrected chi connectivity index (χ3v) is 3.17. The van der Waals surface area contributed by atoms with Gasteiger partial charge in [-0.05, 0) is 32.9 Å². The number of unbranched alkanes of at least 4 members (excludes halogenated alkanes) is 2. The first-order valence-electron chi connectivity index (χ1n) is 7.20. The van der Waals surface area contributed by atoms with Crippen molar-refractivity contribution in [1.82, 2.24) is 10.2 Å². The number of hydrogen-bond acceptors (Lipinski definition) is 2. The molecule has 0 radical (unpaired) electrons. The maximum absolute atomic E-state index is 3.60. The van der Waals surface area contributed by atoms with E-state index in [1.165, 1.54) is 51.7 Å². The summed E-state index contributed by atoms with van der Waals surface area (Å²) in [5.41, 5.74) is 0. The Balaban J connectivity index is 3.46. The molecular formula is C14H32N2. The van der Waals surface area contributed by atoms with Crippen LogP contribution < -0.4 is 5.32 Å². The third kappa shape index (κ3) is 9.17. The van der Waals surface area contributed by atoms with Crippen molar-refractivity contribution in [2.75, 3.05) is 26.2 Å². The van der Waals surface area contributed by atoms with Crippen molar-refractivity contribution in [1.29, 1.82) is 0 Å². The molecule has 0 saturated heterocycles. The van der Waals surface area contributed by atoms with E-state index in [1.807, 2.05) is 0 Å². The summed E-state index contributed by atoms with van der Waals surface area (Å²) in [5, 5.41) is 3.60. The molecule has 2 heteroatoms. The molecule has 1 unspecified atom stereocenters. The second-order valence-corrected chi connectivity index (χ2v) is 4.79. The fourth-order valence-corrected chi connectivity index (χ4v) is 2.02. The number of nitrogens with zero attached hydrogens (tertiary/aromatic N) is 1. The highest BCUT2D eigenvalue weighted by Gasteiger charge is 2.03. The van der Waals surface area contributed by atoms with Crippen molar-refractivity contribution in [3.63, 3.8) is 0 Å². The second kappa shape index (κ2) is 11.4. The average Bonchev–Trinajstić information content (AvgIpc) is 2.27. The van der Waals surface area contributed by atoms with Crippen LogP contribution in [-0.2, 0) is 0 Å². The van der Waals surface area contributed by atoms with Crippen LogP contribution in [-0.4, -0.2) is 37.1 Å². The summed E-state index contributed by atoms with van der Waals surface area (Å²) in [6.07, 6.45) is 6.62. The SMILES string of the molecule is CCCCCN(CC)CCNC(C)CCC. The summed E-state index contributed by atoms with van der Waals surface area (Å²) >= 11 is 0. The Bertz CT molecular complexity index is 137. The molecule has 1 atom stereocenters. The van der Waals surface area contributed by atoms with E-state index in [9.17, 15) is 0 Å². The normalized spacial score (nSPS) is 13.3. The summed E-state index contributed by atoms with van der Waals surface area (Å²) in [4.78, 5) is 2.56. The molecule has 0 aliphatic rings. The van der Waals surface area contributed by atoms with Crippen LogP contribution in [0.2, 0.25) is 0 Å². The van der Waals surface area contributed by atoms with Crippen molar-refractivity contribution < 1.29 is 0 Å². The lowest BCUT2D eigenvalue weighted by atomic mass is 10.2. The summed E-state index contributed by atoms with van der Waals surface area (Å²) < 4.78 is 0. The quantitative estimate of drug-likeness (QED) is 0.546. The fourth-order valence-electron chi connectivity index (χ4n) is 2.02. The predicted molar refractivity (Wildman–Crippen MR) is 74.0 cm³/mol. The molecule has 0 fully saturated rings. The van der Waals surface area contributed by atoms with E-state index in [4.69, 9.17) is 0 Å². The molecule has 0 aliphatic heterocycles. The third-order valence-electron chi connectivity index (χ3n) is 3.17. The van der Waals surface area contributed by atoms with Crippen LogP contribution in [0, 0.1) is 0 Å². The molecule has 0 saturated carbocycles. The van der Waals surface area contributed by atoms with Gasteiger partial charge in [0.15, 0.2) is 0 Å². The minimum Gasteiger partial charge on any atom is -0.313 e. The zero-order chi connectivity index (χ0) is 12.2. The van der Waals surface area contributed by atoms with Crippen molar-refractivity contribution in [3.8, 4) is 0 Å². The Morgan fingerprint density at radius 1 is 1.00 bits per heavy atom. The molecule has 0 spiro atoms. The molecule has 0 aromatic heterocycles. The van der Waals surface area contributed by atoms with E-state index in [0.717, 1.165) is 6.54 Å². The Labute approximate surface area is 103 Å². The molecule has 0 heterocycles. The standard InChI is InChI=1S/C14H32N2/c1-5-8-9-12-16(7-3)13-11-15-14(4)10-6-2/h14-15H,5-13H2,1-4H3. The van der Waals surface area contributed by atoms with Gasteiger partial charge in [0.05, 0.1) is 0 Å². The van der Waals surface area contributed by atoms with Gasteiger partial charge in [0, 0.05) is 19.1 Å². The van der Waals surface area contributed by atoms with Crippen LogP contribution in [0.1, 0.15) is 59.8 Å². The van der Waals surface area contributed by atoms with Gasteiger partial charge < -0.3 is 10.2 Å². The Morgan fingerprint density at radius 3 is 2.31 bits per heavy atom. The molecule has 0 bridgehead atoms. The molecule has 0 amide bonds. The van der Waals surface area contributed by atoms with E-state index >= 15 is 0 Å². The number of rotatable bonds is 11. The van der Waals surface area contributed by atoms with Crippen LogP contribution in [0.15, 0.2) is 0 Å². The van der Waals surface area contributed by atoms with E-state index in [1.54, 1.807) is 0 Å². The maximum Gasteiger partial charge on any atom is 0.0107 e. The zero-order valence-corrected chi connectivity index (χ0v) is 11.9. The van der Waals surface area contributed by atoms with E-state index in [2.05, 4.69) is 37.9 Å². The summed E-state index contributed by atoms with van der Waals surface area (Å²) in [7, 11) is 0. The lowest BCUT2D eigenvalue weighted by Crippen LogP contribution is -2.36. The van der Waals surface area contributed by atoms with Gasteiger partial charge in [-0.25, -0.2) is 0 Å². The maximum atomic E-state index is 3.60. The van der Waals surface area contributed by atoms with Crippen LogP contribution in [0.4, 0.5) is 0 Å². The minimum atomic E-state index is 0.680. The van der Waals surface area contributed by atoms with Crippen molar-refractivity contribution in [2.45, 2.75) is 65.8 Å². The Hall–Kier alpha value is -0.0800. The van der Waals surface area contributed by atoms with Gasteiger partial charge in [-0.3, -0.25) is 0 Å². The molecule has 98 valence electrons. The first-order chi connectivity index (χ1) is 7.74. The van der Waals surface area contributed by atoms with Crippen molar-refractivity contribution in [2.24, 2.45) is 0 Å². The number of likely N-dealkylation sites (N-methyl/N-ethyl adjacent to an activating group) is 1. The summed E-state index contributed by atoms with van der Waals surface area (Å²) in [6, 6.07) is 0.680. The molecule has 2 nitrogen and oxygen atoms in total. The Morgan fingerprint density at radius 2 is 1.75 bits per heavy atom. The number of nitrogens with one attached hydrogen (secondary N) is 1. The van der Waals surface area contributed by atoms with Gasteiger partial charge in [0.25, 0.3) is 0 Å².